The van der Waals surface area contributed by atoms with Crippen LogP contribution < -0.4 is 16.0 Å². The molecule has 4 amide bonds. The van der Waals surface area contributed by atoms with Crippen molar-refractivity contribution in [1.82, 2.24) is 20.9 Å². The Morgan fingerprint density at radius 3 is 2.84 bits per heavy atom. The first-order chi connectivity index (χ1) is 11.5. The number of halogens is 1. The number of hydrogen-bond donors (Lipinski definition) is 3. The Kier molecular flexibility index (Phi) is 6.39. The van der Waals surface area contributed by atoms with Gasteiger partial charge in [0.15, 0.2) is 0 Å². The SMILES string of the molecule is CC1CNCCC1NC(=O)c1cccc(CN2C(=O)CNC2=O)c1.Cl. The molecule has 2 saturated heterocycles. The van der Waals surface area contributed by atoms with Crippen molar-refractivity contribution >= 4 is 30.3 Å². The third kappa shape index (κ3) is 4.49. The maximum Gasteiger partial charge on any atom is 0.324 e. The van der Waals surface area contributed by atoms with Gasteiger partial charge in [0.2, 0.25) is 5.91 Å². The Morgan fingerprint density at radius 1 is 1.36 bits per heavy atom. The second kappa shape index (κ2) is 8.31. The van der Waals surface area contributed by atoms with Crippen molar-refractivity contribution in [1.29, 1.82) is 0 Å². The Balaban J connectivity index is 0.00000225. The Hall–Kier alpha value is -2.12. The van der Waals surface area contributed by atoms with Gasteiger partial charge in [0, 0.05) is 11.6 Å². The Labute approximate surface area is 152 Å². The van der Waals surface area contributed by atoms with E-state index in [2.05, 4.69) is 22.9 Å². The lowest BCUT2D eigenvalue weighted by Crippen LogP contribution is -2.48. The largest absolute Gasteiger partial charge is 0.349 e. The topological polar surface area (TPSA) is 90.5 Å². The zero-order valence-electron chi connectivity index (χ0n) is 14.1. The van der Waals surface area contributed by atoms with Crippen molar-refractivity contribution in [3.05, 3.63) is 35.4 Å². The van der Waals surface area contributed by atoms with Crippen LogP contribution in [-0.4, -0.2) is 48.4 Å². The molecule has 3 rings (SSSR count). The molecule has 0 aliphatic carbocycles. The highest BCUT2D eigenvalue weighted by molar-refractivity contribution is 6.02. The molecule has 8 heteroatoms. The molecule has 2 heterocycles. The molecule has 1 aromatic rings. The van der Waals surface area contributed by atoms with Crippen LogP contribution in [0.4, 0.5) is 4.79 Å². The molecule has 2 fully saturated rings. The molecular weight excluding hydrogens is 344 g/mol. The molecule has 0 radical (unpaired) electrons. The standard InChI is InChI=1S/C17H22N4O3.ClH/c1-11-8-18-6-5-14(11)20-16(23)13-4-2-3-12(7-13)10-21-15(22)9-19-17(21)24;/h2-4,7,11,14,18H,5-6,8-10H2,1H3,(H,19,24)(H,20,23);1H. The predicted octanol–water partition coefficient (Wildman–Crippen LogP) is 0.888. The predicted molar refractivity (Wildman–Crippen MR) is 95.5 cm³/mol. The summed E-state index contributed by atoms with van der Waals surface area (Å²) in [5.74, 6) is 0.0167. The molecule has 136 valence electrons. The minimum Gasteiger partial charge on any atom is -0.349 e. The van der Waals surface area contributed by atoms with Crippen LogP contribution >= 0.6 is 12.4 Å². The lowest BCUT2D eigenvalue weighted by atomic mass is 9.95. The summed E-state index contributed by atoms with van der Waals surface area (Å²) in [5, 5.41) is 8.88. The number of nitrogens with zero attached hydrogens (tertiary/aromatic N) is 1. The van der Waals surface area contributed by atoms with Crippen LogP contribution in [0.3, 0.4) is 0 Å². The highest BCUT2D eigenvalue weighted by Gasteiger charge is 2.28. The molecular formula is C17H23ClN4O3. The van der Waals surface area contributed by atoms with Crippen LogP contribution in [0.2, 0.25) is 0 Å². The average molecular weight is 367 g/mol. The third-order valence-electron chi connectivity index (χ3n) is 4.57. The van der Waals surface area contributed by atoms with Gasteiger partial charge >= 0.3 is 6.03 Å². The highest BCUT2D eigenvalue weighted by Crippen LogP contribution is 2.14. The molecule has 0 aromatic heterocycles. The summed E-state index contributed by atoms with van der Waals surface area (Å²) in [6.07, 6.45) is 0.912. The van der Waals surface area contributed by atoms with E-state index in [1.54, 1.807) is 18.2 Å². The molecule has 2 unspecified atom stereocenters. The van der Waals surface area contributed by atoms with Crippen molar-refractivity contribution in [3.63, 3.8) is 0 Å². The van der Waals surface area contributed by atoms with Crippen LogP contribution in [0.15, 0.2) is 24.3 Å². The summed E-state index contributed by atoms with van der Waals surface area (Å²) < 4.78 is 0. The van der Waals surface area contributed by atoms with Gasteiger partial charge in [-0.1, -0.05) is 19.1 Å². The van der Waals surface area contributed by atoms with Gasteiger partial charge in [0.25, 0.3) is 5.91 Å². The van der Waals surface area contributed by atoms with Gasteiger partial charge in [-0.05, 0) is 43.1 Å². The number of hydrogen-bond acceptors (Lipinski definition) is 4. The highest BCUT2D eigenvalue weighted by atomic mass is 35.5. The van der Waals surface area contributed by atoms with Crippen molar-refractivity contribution < 1.29 is 14.4 Å². The van der Waals surface area contributed by atoms with E-state index in [0.717, 1.165) is 30.0 Å². The van der Waals surface area contributed by atoms with E-state index in [0.29, 0.717) is 11.5 Å². The number of piperidine rings is 1. The van der Waals surface area contributed by atoms with Gasteiger partial charge in [-0.15, -0.1) is 12.4 Å². The number of urea groups is 1. The second-order valence-electron chi connectivity index (χ2n) is 6.39. The van der Waals surface area contributed by atoms with Gasteiger partial charge in [-0.25, -0.2) is 4.79 Å². The van der Waals surface area contributed by atoms with E-state index in [9.17, 15) is 14.4 Å². The fraction of sp³-hybridized carbons (Fsp3) is 0.471. The van der Waals surface area contributed by atoms with Gasteiger partial charge < -0.3 is 16.0 Å². The summed E-state index contributed by atoms with van der Waals surface area (Å²) in [5.41, 5.74) is 1.30. The maximum absolute atomic E-state index is 12.5. The molecule has 0 saturated carbocycles. The van der Waals surface area contributed by atoms with Gasteiger partial charge in [0.1, 0.15) is 0 Å². The maximum atomic E-state index is 12.5. The molecule has 7 nitrogen and oxygen atoms in total. The van der Waals surface area contributed by atoms with E-state index in [4.69, 9.17) is 0 Å². The fourth-order valence-electron chi connectivity index (χ4n) is 3.09. The first-order valence-electron chi connectivity index (χ1n) is 8.23. The molecule has 2 aliphatic heterocycles. The summed E-state index contributed by atoms with van der Waals surface area (Å²) >= 11 is 0. The van der Waals surface area contributed by atoms with E-state index in [1.165, 1.54) is 0 Å². The third-order valence-corrected chi connectivity index (χ3v) is 4.57. The zero-order valence-corrected chi connectivity index (χ0v) is 14.9. The molecule has 2 aliphatic rings. The van der Waals surface area contributed by atoms with Crippen molar-refractivity contribution in [2.75, 3.05) is 19.6 Å². The van der Waals surface area contributed by atoms with E-state index in [1.807, 2.05) is 6.07 Å². The van der Waals surface area contributed by atoms with E-state index < -0.39 is 6.03 Å². The number of benzene rings is 1. The monoisotopic (exact) mass is 366 g/mol. The number of rotatable bonds is 4. The molecule has 0 bridgehead atoms. The Morgan fingerprint density at radius 2 is 2.16 bits per heavy atom. The van der Waals surface area contributed by atoms with Crippen LogP contribution in [-0.2, 0) is 11.3 Å². The lowest BCUT2D eigenvalue weighted by Gasteiger charge is -2.30. The fourth-order valence-corrected chi connectivity index (χ4v) is 3.09. The van der Waals surface area contributed by atoms with Crippen LogP contribution in [0.5, 0.6) is 0 Å². The number of nitrogens with one attached hydrogen (secondary N) is 3. The Bertz CT molecular complexity index is 651. The van der Waals surface area contributed by atoms with E-state index in [-0.39, 0.29) is 43.4 Å². The molecule has 3 N–H and O–H groups in total. The van der Waals surface area contributed by atoms with Gasteiger partial charge in [-0.2, -0.15) is 0 Å². The molecule has 25 heavy (non-hydrogen) atoms. The number of imide groups is 1. The smallest absolute Gasteiger partial charge is 0.324 e. The number of carbonyl (C=O) groups is 3. The minimum atomic E-state index is -0.390. The first kappa shape index (κ1) is 19.2. The number of carbonyl (C=O) groups excluding carboxylic acids is 3. The molecule has 1 aromatic carbocycles. The summed E-state index contributed by atoms with van der Waals surface area (Å²) in [7, 11) is 0. The minimum absolute atomic E-state index is 0. The molecule has 2 atom stereocenters. The zero-order chi connectivity index (χ0) is 17.1. The van der Waals surface area contributed by atoms with Crippen molar-refractivity contribution in [2.24, 2.45) is 5.92 Å². The van der Waals surface area contributed by atoms with Gasteiger partial charge in [0.05, 0.1) is 13.1 Å². The van der Waals surface area contributed by atoms with Crippen LogP contribution in [0.25, 0.3) is 0 Å². The summed E-state index contributed by atoms with van der Waals surface area (Å²) in [6.45, 7) is 4.13. The van der Waals surface area contributed by atoms with Crippen molar-refractivity contribution in [2.45, 2.75) is 25.9 Å². The number of amides is 4. The van der Waals surface area contributed by atoms with Crippen LogP contribution in [0, 0.1) is 5.92 Å². The second-order valence-corrected chi connectivity index (χ2v) is 6.39. The average Bonchev–Trinajstić information content (AvgIpc) is 2.89. The summed E-state index contributed by atoms with van der Waals surface area (Å²) in [6, 6.07) is 6.83. The molecule has 0 spiro atoms. The quantitative estimate of drug-likeness (QED) is 0.690. The van der Waals surface area contributed by atoms with Gasteiger partial charge in [-0.3, -0.25) is 14.5 Å². The normalized spacial score (nSPS) is 23.0. The summed E-state index contributed by atoms with van der Waals surface area (Å²) in [4.78, 5) is 36.9. The lowest BCUT2D eigenvalue weighted by molar-refractivity contribution is -0.125. The first-order valence-corrected chi connectivity index (χ1v) is 8.23. The van der Waals surface area contributed by atoms with Crippen LogP contribution in [0.1, 0.15) is 29.3 Å². The van der Waals surface area contributed by atoms with E-state index >= 15 is 0 Å². The van der Waals surface area contributed by atoms with Crippen molar-refractivity contribution in [3.8, 4) is 0 Å².